The van der Waals surface area contributed by atoms with E-state index in [1.807, 2.05) is 12.1 Å². The molecule has 3 aromatic rings. The molecule has 0 aliphatic carbocycles. The van der Waals surface area contributed by atoms with Crippen molar-refractivity contribution in [3.63, 3.8) is 0 Å². The van der Waals surface area contributed by atoms with Gasteiger partial charge in [-0.05, 0) is 29.8 Å². The van der Waals surface area contributed by atoms with Crippen LogP contribution < -0.4 is 16.1 Å². The van der Waals surface area contributed by atoms with Gasteiger partial charge in [0.2, 0.25) is 0 Å². The molecule has 0 bridgehead atoms. The van der Waals surface area contributed by atoms with Crippen molar-refractivity contribution in [1.82, 2.24) is 0 Å². The zero-order chi connectivity index (χ0) is 17.6. The minimum absolute atomic E-state index is 0.164. The Labute approximate surface area is 147 Å². The molecule has 0 radical (unpaired) electrons. The van der Waals surface area contributed by atoms with E-state index in [9.17, 15) is 10.1 Å². The number of para-hydroxylation sites is 1. The van der Waals surface area contributed by atoms with E-state index in [0.29, 0.717) is 32.9 Å². The van der Waals surface area contributed by atoms with E-state index in [1.165, 1.54) is 0 Å². The van der Waals surface area contributed by atoms with Crippen LogP contribution >= 0.6 is 11.6 Å². The molecular weight excluding hydrogens is 340 g/mol. The first-order chi connectivity index (χ1) is 12.1. The molecule has 2 aromatic carbocycles. The van der Waals surface area contributed by atoms with E-state index in [4.69, 9.17) is 26.5 Å². The summed E-state index contributed by atoms with van der Waals surface area (Å²) in [7, 11) is 0. The van der Waals surface area contributed by atoms with Gasteiger partial charge in [0, 0.05) is 10.6 Å². The summed E-state index contributed by atoms with van der Waals surface area (Å²) in [5.41, 5.74) is 7.26. The third kappa shape index (κ3) is 2.40. The number of ether oxygens (including phenoxy) is 1. The van der Waals surface area contributed by atoms with Crippen LogP contribution in [0.15, 0.2) is 63.3 Å². The van der Waals surface area contributed by atoms with Crippen molar-refractivity contribution in [2.45, 2.75) is 6.23 Å². The van der Waals surface area contributed by atoms with Crippen LogP contribution in [0.5, 0.6) is 5.75 Å². The second kappa shape index (κ2) is 5.78. The summed E-state index contributed by atoms with van der Waals surface area (Å²) in [4.78, 5) is 12.6. The van der Waals surface area contributed by atoms with Gasteiger partial charge in [-0.1, -0.05) is 35.9 Å². The molecule has 0 saturated heterocycles. The molecule has 1 unspecified atom stereocenters. The Hall–Kier alpha value is -3.07. The van der Waals surface area contributed by atoms with Crippen LogP contribution in [0.3, 0.4) is 0 Å². The van der Waals surface area contributed by atoms with Crippen LogP contribution in [-0.4, -0.2) is 6.23 Å². The molecule has 0 fully saturated rings. The zero-order valence-corrected chi connectivity index (χ0v) is 13.6. The zero-order valence-electron chi connectivity index (χ0n) is 12.8. The lowest BCUT2D eigenvalue weighted by atomic mass is 9.90. The second-order valence-electron chi connectivity index (χ2n) is 5.54. The second-order valence-corrected chi connectivity index (χ2v) is 5.97. The summed E-state index contributed by atoms with van der Waals surface area (Å²) in [6.07, 6.45) is -0.978. The third-order valence-electron chi connectivity index (χ3n) is 4.07. The lowest BCUT2D eigenvalue weighted by Crippen LogP contribution is -2.34. The molecular formula is C19H11ClN2O3. The van der Waals surface area contributed by atoms with Gasteiger partial charge in [0.1, 0.15) is 23.0 Å². The highest BCUT2D eigenvalue weighted by Gasteiger charge is 2.32. The molecule has 2 N–H and O–H groups in total. The van der Waals surface area contributed by atoms with Crippen LogP contribution in [0.1, 0.15) is 11.1 Å². The van der Waals surface area contributed by atoms with Gasteiger partial charge in [-0.2, -0.15) is 5.26 Å². The first-order valence-electron chi connectivity index (χ1n) is 7.49. The number of nitriles is 1. The fraction of sp³-hybridized carbons (Fsp3) is 0.0526. The van der Waals surface area contributed by atoms with Crippen LogP contribution in [0.4, 0.5) is 0 Å². The maximum Gasteiger partial charge on any atom is 0.348 e. The Balaban J connectivity index is 2.12. The highest BCUT2D eigenvalue weighted by molar-refractivity contribution is 6.30. The fourth-order valence-corrected chi connectivity index (χ4v) is 3.08. The summed E-state index contributed by atoms with van der Waals surface area (Å²) in [5.74, 6) is 0.323. The van der Waals surface area contributed by atoms with Gasteiger partial charge in [-0.15, -0.1) is 0 Å². The average molecular weight is 351 g/mol. The predicted octanol–water partition coefficient (Wildman–Crippen LogP) is 3.45. The molecule has 0 amide bonds. The highest BCUT2D eigenvalue weighted by atomic mass is 35.5. The lowest BCUT2D eigenvalue weighted by molar-refractivity contribution is 0.246. The van der Waals surface area contributed by atoms with Crippen LogP contribution in [-0.2, 0) is 0 Å². The Kier molecular flexibility index (Phi) is 3.57. The van der Waals surface area contributed by atoms with E-state index in [-0.39, 0.29) is 11.1 Å². The van der Waals surface area contributed by atoms with Crippen molar-refractivity contribution in [3.05, 3.63) is 80.7 Å². The SMILES string of the molecule is N#CC1=C(c2ccc(Cl)cc2)c2c(c3ccccc3oc2=O)OC1N. The minimum Gasteiger partial charge on any atom is -0.469 e. The summed E-state index contributed by atoms with van der Waals surface area (Å²) < 4.78 is 11.1. The smallest absolute Gasteiger partial charge is 0.348 e. The molecule has 0 saturated carbocycles. The number of rotatable bonds is 1. The molecule has 1 atom stereocenters. The van der Waals surface area contributed by atoms with Crippen LogP contribution in [0.25, 0.3) is 16.5 Å². The van der Waals surface area contributed by atoms with Crippen LogP contribution in [0, 0.1) is 11.3 Å². The van der Waals surface area contributed by atoms with Gasteiger partial charge in [-0.3, -0.25) is 5.73 Å². The average Bonchev–Trinajstić information content (AvgIpc) is 2.61. The molecule has 0 spiro atoms. The van der Waals surface area contributed by atoms with Crippen LogP contribution in [0.2, 0.25) is 5.02 Å². The Morgan fingerprint density at radius 1 is 1.12 bits per heavy atom. The highest BCUT2D eigenvalue weighted by Crippen LogP contribution is 2.40. The van der Waals surface area contributed by atoms with Crippen molar-refractivity contribution in [3.8, 4) is 11.8 Å². The van der Waals surface area contributed by atoms with Crippen molar-refractivity contribution >= 4 is 28.1 Å². The molecule has 25 heavy (non-hydrogen) atoms. The van der Waals surface area contributed by atoms with Gasteiger partial charge in [0.25, 0.3) is 0 Å². The van der Waals surface area contributed by atoms with Gasteiger partial charge in [0.15, 0.2) is 6.23 Å². The van der Waals surface area contributed by atoms with Gasteiger partial charge in [-0.25, -0.2) is 4.79 Å². The number of benzene rings is 2. The topological polar surface area (TPSA) is 89.2 Å². The molecule has 2 heterocycles. The number of fused-ring (bicyclic) bond motifs is 3. The van der Waals surface area contributed by atoms with E-state index >= 15 is 0 Å². The summed E-state index contributed by atoms with van der Waals surface area (Å²) in [6, 6.07) is 15.9. The van der Waals surface area contributed by atoms with Crippen molar-refractivity contribution in [2.75, 3.05) is 0 Å². The number of nitrogens with two attached hydrogens (primary N) is 1. The van der Waals surface area contributed by atoms with Crippen molar-refractivity contribution < 1.29 is 9.15 Å². The van der Waals surface area contributed by atoms with Gasteiger partial charge < -0.3 is 9.15 Å². The summed E-state index contributed by atoms with van der Waals surface area (Å²) in [5, 5.41) is 10.7. The summed E-state index contributed by atoms with van der Waals surface area (Å²) >= 11 is 5.95. The Bertz CT molecular complexity index is 1120. The first-order valence-corrected chi connectivity index (χ1v) is 7.86. The largest absolute Gasteiger partial charge is 0.469 e. The number of nitrogens with zero attached hydrogens (tertiary/aromatic N) is 1. The van der Waals surface area contributed by atoms with Gasteiger partial charge in [0.05, 0.1) is 11.0 Å². The minimum atomic E-state index is -0.978. The third-order valence-corrected chi connectivity index (χ3v) is 4.32. The molecule has 1 aliphatic rings. The maximum atomic E-state index is 12.6. The van der Waals surface area contributed by atoms with E-state index in [0.717, 1.165) is 0 Å². The Morgan fingerprint density at radius 3 is 2.56 bits per heavy atom. The molecule has 5 nitrogen and oxygen atoms in total. The standard InChI is InChI=1S/C19H11ClN2O3/c20-11-7-5-10(6-8-11)15-13(9-21)18(22)25-17-12-3-1-2-4-14(12)24-19(23)16(15)17/h1-8,18H,22H2. The molecule has 1 aromatic heterocycles. The van der Waals surface area contributed by atoms with E-state index in [2.05, 4.69) is 0 Å². The predicted molar refractivity (Wildman–Crippen MR) is 94.2 cm³/mol. The fourth-order valence-electron chi connectivity index (χ4n) is 2.96. The lowest BCUT2D eigenvalue weighted by Gasteiger charge is -2.26. The summed E-state index contributed by atoms with van der Waals surface area (Å²) in [6.45, 7) is 0. The van der Waals surface area contributed by atoms with Gasteiger partial charge >= 0.3 is 5.63 Å². The number of hydrogen-bond donors (Lipinski definition) is 1. The Morgan fingerprint density at radius 2 is 1.84 bits per heavy atom. The molecule has 6 heteroatoms. The first kappa shape index (κ1) is 15.5. The number of hydrogen-bond acceptors (Lipinski definition) is 5. The van der Waals surface area contributed by atoms with E-state index in [1.54, 1.807) is 42.5 Å². The van der Waals surface area contributed by atoms with Crippen molar-refractivity contribution in [2.24, 2.45) is 5.73 Å². The molecule has 122 valence electrons. The quantitative estimate of drug-likeness (QED) is 0.679. The van der Waals surface area contributed by atoms with Crippen molar-refractivity contribution in [1.29, 1.82) is 5.26 Å². The molecule has 4 rings (SSSR count). The maximum absolute atomic E-state index is 12.6. The monoisotopic (exact) mass is 350 g/mol. The van der Waals surface area contributed by atoms with E-state index < -0.39 is 11.9 Å². The normalized spacial score (nSPS) is 16.3. The number of halogens is 1. The molecule has 1 aliphatic heterocycles.